The Kier molecular flexibility index (Phi) is 2.68. The molecule has 18 heavy (non-hydrogen) atoms. The maximum atomic E-state index is 5.58. The van der Waals surface area contributed by atoms with E-state index >= 15 is 0 Å². The quantitative estimate of drug-likeness (QED) is 0.762. The van der Waals surface area contributed by atoms with Crippen LogP contribution >= 0.6 is 0 Å². The van der Waals surface area contributed by atoms with Gasteiger partial charge in [0.25, 0.3) is 6.01 Å². The predicted octanol–water partition coefficient (Wildman–Crippen LogP) is 3.14. The molecular formula is C14H13N3O. The van der Waals surface area contributed by atoms with Gasteiger partial charge in [0.15, 0.2) is 5.58 Å². The molecule has 0 saturated carbocycles. The summed E-state index contributed by atoms with van der Waals surface area (Å²) in [5, 5.41) is 3.15. The van der Waals surface area contributed by atoms with Crippen molar-refractivity contribution in [3.05, 3.63) is 53.9 Å². The fourth-order valence-corrected chi connectivity index (χ4v) is 1.81. The smallest absolute Gasteiger partial charge is 0.296 e. The van der Waals surface area contributed by atoms with Crippen LogP contribution in [0.2, 0.25) is 0 Å². The second-order valence-corrected chi connectivity index (χ2v) is 4.11. The molecule has 0 radical (unpaired) electrons. The molecule has 4 heteroatoms. The van der Waals surface area contributed by atoms with Crippen molar-refractivity contribution in [3.63, 3.8) is 0 Å². The maximum absolute atomic E-state index is 5.58. The fraction of sp³-hybridized carbons (Fsp3) is 0.143. The summed E-state index contributed by atoms with van der Waals surface area (Å²) >= 11 is 0. The lowest BCUT2D eigenvalue weighted by Gasteiger charge is -2.03. The minimum atomic E-state index is 0.529. The van der Waals surface area contributed by atoms with Gasteiger partial charge in [-0.15, -0.1) is 0 Å². The lowest BCUT2D eigenvalue weighted by molar-refractivity contribution is 0.613. The first-order valence-electron chi connectivity index (χ1n) is 5.83. The zero-order chi connectivity index (χ0) is 12.4. The molecule has 0 bridgehead atoms. The standard InChI is InChI=1S/C14H13N3O/c1-10-5-4-8-15-12(10)9-16-14-17-11-6-2-3-7-13(11)18-14/h2-8H,9H2,1H3,(H,16,17). The Morgan fingerprint density at radius 2 is 2.06 bits per heavy atom. The summed E-state index contributed by atoms with van der Waals surface area (Å²) in [6, 6.07) is 12.2. The Hall–Kier alpha value is -2.36. The van der Waals surface area contributed by atoms with E-state index < -0.39 is 0 Å². The first-order chi connectivity index (χ1) is 8.83. The lowest BCUT2D eigenvalue weighted by atomic mass is 10.2. The third-order valence-electron chi connectivity index (χ3n) is 2.82. The SMILES string of the molecule is Cc1cccnc1CNc1nc2ccccc2o1. The highest BCUT2D eigenvalue weighted by molar-refractivity contribution is 5.74. The van der Waals surface area contributed by atoms with Gasteiger partial charge in [-0.05, 0) is 30.7 Å². The number of hydrogen-bond acceptors (Lipinski definition) is 4. The van der Waals surface area contributed by atoms with E-state index in [0.717, 1.165) is 22.4 Å². The van der Waals surface area contributed by atoms with E-state index in [1.165, 1.54) is 0 Å². The van der Waals surface area contributed by atoms with Crippen LogP contribution < -0.4 is 5.32 Å². The Labute approximate surface area is 105 Å². The molecular weight excluding hydrogens is 226 g/mol. The third kappa shape index (κ3) is 2.05. The summed E-state index contributed by atoms with van der Waals surface area (Å²) in [6.45, 7) is 2.65. The summed E-state index contributed by atoms with van der Waals surface area (Å²) < 4.78 is 5.58. The highest BCUT2D eigenvalue weighted by atomic mass is 16.4. The van der Waals surface area contributed by atoms with Crippen molar-refractivity contribution in [3.8, 4) is 0 Å². The number of benzene rings is 1. The number of fused-ring (bicyclic) bond motifs is 1. The van der Waals surface area contributed by atoms with Crippen LogP contribution in [0.3, 0.4) is 0 Å². The van der Waals surface area contributed by atoms with Gasteiger partial charge < -0.3 is 9.73 Å². The molecule has 2 aromatic heterocycles. The molecule has 2 heterocycles. The first-order valence-corrected chi connectivity index (χ1v) is 5.83. The van der Waals surface area contributed by atoms with Crippen LogP contribution in [0, 0.1) is 6.92 Å². The van der Waals surface area contributed by atoms with Crippen LogP contribution in [0.4, 0.5) is 6.01 Å². The molecule has 90 valence electrons. The van der Waals surface area contributed by atoms with Crippen molar-refractivity contribution >= 4 is 17.1 Å². The molecule has 4 nitrogen and oxygen atoms in total. The molecule has 3 rings (SSSR count). The summed E-state index contributed by atoms with van der Waals surface area (Å²) in [6.07, 6.45) is 1.79. The maximum Gasteiger partial charge on any atom is 0.296 e. The topological polar surface area (TPSA) is 51.0 Å². The predicted molar refractivity (Wildman–Crippen MR) is 70.3 cm³/mol. The van der Waals surface area contributed by atoms with Crippen LogP contribution in [0.15, 0.2) is 47.0 Å². The zero-order valence-corrected chi connectivity index (χ0v) is 10.1. The Bertz CT molecular complexity index is 642. The largest absolute Gasteiger partial charge is 0.424 e. The van der Waals surface area contributed by atoms with E-state index in [4.69, 9.17) is 4.42 Å². The molecule has 3 aromatic rings. The molecule has 0 spiro atoms. The minimum Gasteiger partial charge on any atom is -0.424 e. The van der Waals surface area contributed by atoms with E-state index in [-0.39, 0.29) is 0 Å². The molecule has 0 atom stereocenters. The van der Waals surface area contributed by atoms with Crippen LogP contribution in [0.1, 0.15) is 11.3 Å². The molecule has 1 N–H and O–H groups in total. The van der Waals surface area contributed by atoms with E-state index in [9.17, 15) is 0 Å². The Morgan fingerprint density at radius 3 is 2.89 bits per heavy atom. The number of aryl methyl sites for hydroxylation is 1. The van der Waals surface area contributed by atoms with E-state index in [0.29, 0.717) is 12.6 Å². The molecule has 0 aliphatic heterocycles. The molecule has 0 saturated heterocycles. The molecule has 0 unspecified atom stereocenters. The van der Waals surface area contributed by atoms with Gasteiger partial charge >= 0.3 is 0 Å². The Morgan fingerprint density at radius 1 is 1.17 bits per heavy atom. The number of rotatable bonds is 3. The Balaban J connectivity index is 1.79. The third-order valence-corrected chi connectivity index (χ3v) is 2.82. The van der Waals surface area contributed by atoms with Crippen molar-refractivity contribution in [2.24, 2.45) is 0 Å². The van der Waals surface area contributed by atoms with Gasteiger partial charge in [-0.25, -0.2) is 0 Å². The van der Waals surface area contributed by atoms with Gasteiger partial charge in [0.2, 0.25) is 0 Å². The van der Waals surface area contributed by atoms with Crippen molar-refractivity contribution < 1.29 is 4.42 Å². The average molecular weight is 239 g/mol. The monoisotopic (exact) mass is 239 g/mol. The number of anilines is 1. The van der Waals surface area contributed by atoms with E-state index in [2.05, 4.69) is 15.3 Å². The first kappa shape index (κ1) is 10.8. The summed E-state index contributed by atoms with van der Waals surface area (Å²) in [5.41, 5.74) is 3.80. The second-order valence-electron chi connectivity index (χ2n) is 4.11. The number of nitrogens with one attached hydrogen (secondary N) is 1. The van der Waals surface area contributed by atoms with Gasteiger partial charge in [-0.1, -0.05) is 18.2 Å². The summed E-state index contributed by atoms with van der Waals surface area (Å²) in [7, 11) is 0. The lowest BCUT2D eigenvalue weighted by Crippen LogP contribution is -2.03. The average Bonchev–Trinajstić information content (AvgIpc) is 2.80. The molecule has 0 amide bonds. The zero-order valence-electron chi connectivity index (χ0n) is 10.1. The van der Waals surface area contributed by atoms with Crippen molar-refractivity contribution in [1.29, 1.82) is 0 Å². The highest BCUT2D eigenvalue weighted by Gasteiger charge is 2.05. The number of hydrogen-bond donors (Lipinski definition) is 1. The number of nitrogens with zero attached hydrogens (tertiary/aromatic N) is 2. The number of oxazole rings is 1. The number of para-hydroxylation sites is 2. The van der Waals surface area contributed by atoms with Crippen LogP contribution in [-0.2, 0) is 6.54 Å². The van der Waals surface area contributed by atoms with Gasteiger partial charge in [0, 0.05) is 6.20 Å². The molecule has 0 aliphatic rings. The van der Waals surface area contributed by atoms with Crippen molar-refractivity contribution in [2.75, 3.05) is 5.32 Å². The van der Waals surface area contributed by atoms with E-state index in [1.807, 2.05) is 43.3 Å². The normalized spacial score (nSPS) is 10.7. The van der Waals surface area contributed by atoms with Gasteiger partial charge in [-0.3, -0.25) is 4.98 Å². The van der Waals surface area contributed by atoms with Crippen LogP contribution in [0.25, 0.3) is 11.1 Å². The fourth-order valence-electron chi connectivity index (χ4n) is 1.81. The number of aromatic nitrogens is 2. The van der Waals surface area contributed by atoms with Gasteiger partial charge in [-0.2, -0.15) is 4.98 Å². The van der Waals surface area contributed by atoms with E-state index in [1.54, 1.807) is 6.20 Å². The van der Waals surface area contributed by atoms with Crippen LogP contribution in [0.5, 0.6) is 0 Å². The van der Waals surface area contributed by atoms with Crippen LogP contribution in [-0.4, -0.2) is 9.97 Å². The van der Waals surface area contributed by atoms with Gasteiger partial charge in [0.05, 0.1) is 12.2 Å². The molecule has 0 aliphatic carbocycles. The highest BCUT2D eigenvalue weighted by Crippen LogP contribution is 2.18. The van der Waals surface area contributed by atoms with Crippen molar-refractivity contribution in [2.45, 2.75) is 13.5 Å². The molecule has 0 fully saturated rings. The minimum absolute atomic E-state index is 0.529. The molecule has 1 aromatic carbocycles. The number of pyridine rings is 1. The summed E-state index contributed by atoms with van der Waals surface area (Å²) in [5.74, 6) is 0. The summed E-state index contributed by atoms with van der Waals surface area (Å²) in [4.78, 5) is 8.67. The van der Waals surface area contributed by atoms with Crippen molar-refractivity contribution in [1.82, 2.24) is 9.97 Å². The second kappa shape index (κ2) is 4.49. The van der Waals surface area contributed by atoms with Gasteiger partial charge in [0.1, 0.15) is 5.52 Å².